The molecule has 184 valence electrons. The molecule has 0 unspecified atom stereocenters. The van der Waals surface area contributed by atoms with E-state index in [4.69, 9.17) is 5.73 Å². The van der Waals surface area contributed by atoms with Crippen LogP contribution in [0.5, 0.6) is 0 Å². The van der Waals surface area contributed by atoms with Crippen LogP contribution in [0.2, 0.25) is 0 Å². The minimum atomic E-state index is -0.0878. The standard InChI is InChI=1S/C29H32N6O/c1-20-8-9-23(17-25(20)22-10-11-26-24(16-22)18-31-29(30)33-26)28(36)32-27(21-6-4-3-5-7-21)19-35-14-12-34(2)13-15-35/h3-11,16-18,27H,12-15,19H2,1-2H3,(H,32,36)(H2,30,31,33)/t27-/m1/s1. The van der Waals surface area contributed by atoms with Crippen molar-refractivity contribution in [3.63, 3.8) is 0 Å². The SMILES string of the molecule is Cc1ccc(C(=O)N[C@H](CN2CCN(C)CC2)c2ccccc2)cc1-c1ccc2nc(N)ncc2c1. The quantitative estimate of drug-likeness (QED) is 0.435. The van der Waals surface area contributed by atoms with Crippen LogP contribution in [-0.4, -0.2) is 65.4 Å². The second-order valence-electron chi connectivity index (χ2n) is 9.57. The number of piperazine rings is 1. The van der Waals surface area contributed by atoms with Gasteiger partial charge in [0.1, 0.15) is 0 Å². The number of hydrogen-bond donors (Lipinski definition) is 2. The molecule has 0 aliphatic carbocycles. The third-order valence-corrected chi connectivity index (χ3v) is 6.95. The molecule has 3 aromatic carbocycles. The Morgan fingerprint density at radius 1 is 1.03 bits per heavy atom. The molecule has 7 nitrogen and oxygen atoms in total. The van der Waals surface area contributed by atoms with E-state index in [1.807, 2.05) is 54.6 Å². The van der Waals surface area contributed by atoms with Crippen LogP contribution in [-0.2, 0) is 0 Å². The third kappa shape index (κ3) is 5.37. The Bertz CT molecular complexity index is 1370. The summed E-state index contributed by atoms with van der Waals surface area (Å²) in [7, 11) is 2.15. The van der Waals surface area contributed by atoms with Gasteiger partial charge in [0.05, 0.1) is 11.6 Å². The number of carbonyl (C=O) groups is 1. The first kappa shape index (κ1) is 23.9. The molecule has 0 spiro atoms. The summed E-state index contributed by atoms with van der Waals surface area (Å²) in [6, 6.07) is 22.0. The van der Waals surface area contributed by atoms with Crippen LogP contribution in [0, 0.1) is 6.92 Å². The molecular formula is C29H32N6O. The summed E-state index contributed by atoms with van der Waals surface area (Å²) in [4.78, 5) is 26.7. The van der Waals surface area contributed by atoms with Crippen LogP contribution < -0.4 is 11.1 Å². The molecule has 0 radical (unpaired) electrons. The molecule has 1 atom stereocenters. The van der Waals surface area contributed by atoms with Gasteiger partial charge in [0.2, 0.25) is 5.95 Å². The van der Waals surface area contributed by atoms with Gasteiger partial charge in [0, 0.05) is 49.9 Å². The maximum Gasteiger partial charge on any atom is 0.251 e. The van der Waals surface area contributed by atoms with Crippen LogP contribution in [0.25, 0.3) is 22.0 Å². The first-order valence-electron chi connectivity index (χ1n) is 12.4. The van der Waals surface area contributed by atoms with Crippen molar-refractivity contribution in [1.29, 1.82) is 0 Å². The number of anilines is 1. The molecular weight excluding hydrogens is 448 g/mol. The number of aryl methyl sites for hydroxylation is 1. The summed E-state index contributed by atoms with van der Waals surface area (Å²) in [6.07, 6.45) is 1.73. The Morgan fingerprint density at radius 2 is 1.81 bits per heavy atom. The van der Waals surface area contributed by atoms with Crippen molar-refractivity contribution in [3.05, 3.63) is 89.6 Å². The molecule has 1 amide bonds. The molecule has 4 aromatic rings. The van der Waals surface area contributed by atoms with Crippen LogP contribution in [0.1, 0.15) is 27.5 Å². The lowest BCUT2D eigenvalue weighted by Gasteiger charge is -2.35. The summed E-state index contributed by atoms with van der Waals surface area (Å²) in [6.45, 7) is 6.93. The van der Waals surface area contributed by atoms with Gasteiger partial charge in [-0.2, -0.15) is 0 Å². The van der Waals surface area contributed by atoms with E-state index in [2.05, 4.69) is 51.2 Å². The highest BCUT2D eigenvalue weighted by molar-refractivity contribution is 5.96. The number of likely N-dealkylation sites (N-methyl/N-ethyl adjacent to an activating group) is 1. The second-order valence-corrected chi connectivity index (χ2v) is 9.57. The molecule has 1 saturated heterocycles. The molecule has 3 N–H and O–H groups in total. The van der Waals surface area contributed by atoms with Crippen molar-refractivity contribution in [2.24, 2.45) is 0 Å². The monoisotopic (exact) mass is 480 g/mol. The van der Waals surface area contributed by atoms with Gasteiger partial charge in [-0.3, -0.25) is 9.69 Å². The van der Waals surface area contributed by atoms with Gasteiger partial charge in [0.15, 0.2) is 0 Å². The maximum atomic E-state index is 13.5. The Morgan fingerprint density at radius 3 is 2.58 bits per heavy atom. The van der Waals surface area contributed by atoms with Gasteiger partial charge in [0.25, 0.3) is 5.91 Å². The van der Waals surface area contributed by atoms with E-state index in [9.17, 15) is 4.79 Å². The second kappa shape index (κ2) is 10.4. The Balaban J connectivity index is 1.40. The summed E-state index contributed by atoms with van der Waals surface area (Å²) in [5, 5.41) is 4.22. The zero-order valence-corrected chi connectivity index (χ0v) is 20.8. The highest BCUT2D eigenvalue weighted by atomic mass is 16.1. The van der Waals surface area contributed by atoms with Gasteiger partial charge >= 0.3 is 0 Å². The highest BCUT2D eigenvalue weighted by Crippen LogP contribution is 2.28. The van der Waals surface area contributed by atoms with Crippen LogP contribution in [0.15, 0.2) is 72.9 Å². The topological polar surface area (TPSA) is 87.4 Å². The molecule has 1 aliphatic heterocycles. The number of nitrogens with one attached hydrogen (secondary N) is 1. The van der Waals surface area contributed by atoms with Crippen molar-refractivity contribution >= 4 is 22.8 Å². The fourth-order valence-electron chi connectivity index (χ4n) is 4.74. The van der Waals surface area contributed by atoms with Gasteiger partial charge in [-0.15, -0.1) is 0 Å². The molecule has 0 saturated carbocycles. The first-order chi connectivity index (χ1) is 17.5. The molecule has 1 aromatic heterocycles. The molecule has 5 rings (SSSR count). The number of amides is 1. The average Bonchev–Trinajstić information content (AvgIpc) is 2.90. The molecule has 0 bridgehead atoms. The Kier molecular flexibility index (Phi) is 6.93. The average molecular weight is 481 g/mol. The predicted octanol–water partition coefficient (Wildman–Crippen LogP) is 3.91. The lowest BCUT2D eigenvalue weighted by molar-refractivity contribution is 0.0907. The Hall–Kier alpha value is -3.81. The van der Waals surface area contributed by atoms with Crippen molar-refractivity contribution in [2.75, 3.05) is 45.5 Å². The van der Waals surface area contributed by atoms with E-state index >= 15 is 0 Å². The number of carbonyl (C=O) groups excluding carboxylic acids is 1. The largest absolute Gasteiger partial charge is 0.368 e. The van der Waals surface area contributed by atoms with E-state index < -0.39 is 0 Å². The van der Waals surface area contributed by atoms with Gasteiger partial charge in [-0.25, -0.2) is 9.97 Å². The number of hydrogen-bond acceptors (Lipinski definition) is 6. The molecule has 36 heavy (non-hydrogen) atoms. The van der Waals surface area contributed by atoms with Crippen molar-refractivity contribution in [2.45, 2.75) is 13.0 Å². The van der Waals surface area contributed by atoms with Gasteiger partial charge in [-0.05, 0) is 60.5 Å². The number of nitrogen functional groups attached to an aromatic ring is 1. The van der Waals surface area contributed by atoms with E-state index in [-0.39, 0.29) is 17.9 Å². The zero-order valence-electron chi connectivity index (χ0n) is 20.8. The number of aromatic nitrogens is 2. The normalized spacial score (nSPS) is 15.6. The number of benzene rings is 3. The van der Waals surface area contributed by atoms with Crippen molar-refractivity contribution < 1.29 is 4.79 Å². The molecule has 2 heterocycles. The lowest BCUT2D eigenvalue weighted by Crippen LogP contribution is -2.47. The van der Waals surface area contributed by atoms with E-state index in [0.717, 1.165) is 65.9 Å². The van der Waals surface area contributed by atoms with Crippen LogP contribution in [0.3, 0.4) is 0 Å². The molecule has 1 fully saturated rings. The number of fused-ring (bicyclic) bond motifs is 1. The predicted molar refractivity (Wildman–Crippen MR) is 145 cm³/mol. The molecule has 7 heteroatoms. The van der Waals surface area contributed by atoms with E-state index in [1.54, 1.807) is 6.20 Å². The van der Waals surface area contributed by atoms with E-state index in [1.165, 1.54) is 0 Å². The number of rotatable bonds is 6. The lowest BCUT2D eigenvalue weighted by atomic mass is 9.96. The minimum Gasteiger partial charge on any atom is -0.368 e. The third-order valence-electron chi connectivity index (χ3n) is 6.95. The van der Waals surface area contributed by atoms with E-state index in [0.29, 0.717) is 5.56 Å². The summed E-state index contributed by atoms with van der Waals surface area (Å²) in [5.41, 5.74) is 11.4. The fraction of sp³-hybridized carbons (Fsp3) is 0.276. The smallest absolute Gasteiger partial charge is 0.251 e. The number of nitrogens with zero attached hydrogens (tertiary/aromatic N) is 4. The first-order valence-corrected chi connectivity index (χ1v) is 12.4. The minimum absolute atomic E-state index is 0.0730. The van der Waals surface area contributed by atoms with Crippen LogP contribution >= 0.6 is 0 Å². The Labute approximate surface area is 212 Å². The maximum absolute atomic E-state index is 13.5. The van der Waals surface area contributed by atoms with Crippen molar-refractivity contribution in [3.8, 4) is 11.1 Å². The summed E-state index contributed by atoms with van der Waals surface area (Å²) < 4.78 is 0. The molecule has 1 aliphatic rings. The van der Waals surface area contributed by atoms with Gasteiger partial charge in [-0.1, -0.05) is 42.5 Å². The van der Waals surface area contributed by atoms with Crippen molar-refractivity contribution in [1.82, 2.24) is 25.1 Å². The zero-order chi connectivity index (χ0) is 25.1. The fourth-order valence-corrected chi connectivity index (χ4v) is 4.74. The number of nitrogens with two attached hydrogens (primary N) is 1. The van der Waals surface area contributed by atoms with Gasteiger partial charge < -0.3 is 16.0 Å². The summed E-state index contributed by atoms with van der Waals surface area (Å²) in [5.74, 6) is 0.186. The summed E-state index contributed by atoms with van der Waals surface area (Å²) >= 11 is 0. The highest BCUT2D eigenvalue weighted by Gasteiger charge is 2.22. The van der Waals surface area contributed by atoms with Crippen LogP contribution in [0.4, 0.5) is 5.95 Å².